The second kappa shape index (κ2) is 13.6. The summed E-state index contributed by atoms with van der Waals surface area (Å²) in [7, 11) is 3.39. The van der Waals surface area contributed by atoms with Gasteiger partial charge in [-0.1, -0.05) is 30.3 Å². The Morgan fingerprint density at radius 1 is 1.08 bits per heavy atom. The highest BCUT2D eigenvalue weighted by Gasteiger charge is 2.26. The molecule has 208 valence electrons. The molecular formula is C27H33N5O5S2. The van der Waals surface area contributed by atoms with Gasteiger partial charge in [-0.2, -0.15) is 0 Å². The molecule has 1 aromatic carbocycles. The van der Waals surface area contributed by atoms with Crippen LogP contribution in [0.5, 0.6) is 5.75 Å². The normalized spacial score (nSPS) is 12.8. The fourth-order valence-electron chi connectivity index (χ4n) is 4.34. The van der Waals surface area contributed by atoms with E-state index in [9.17, 15) is 14.4 Å². The first-order valence-electron chi connectivity index (χ1n) is 12.9. The molecule has 0 spiro atoms. The molecule has 0 bridgehead atoms. The molecule has 3 aromatic rings. The number of esters is 1. The molecule has 1 aliphatic rings. The number of benzene rings is 1. The van der Waals surface area contributed by atoms with Crippen molar-refractivity contribution >= 4 is 45.9 Å². The summed E-state index contributed by atoms with van der Waals surface area (Å²) in [6.45, 7) is 2.28. The van der Waals surface area contributed by atoms with Crippen LogP contribution in [0, 0.1) is 0 Å². The van der Waals surface area contributed by atoms with Crippen LogP contribution in [0.3, 0.4) is 0 Å². The number of methoxy groups -OCH3 is 1. The standard InChI is InChI=1S/C27H33N5O5S2/c1-4-37-26(35)24-19-8-6-5-7-9-20(19)39-25(24)29-23(34)16-38-27-31-30-21(32(27)2)15-28-22(33)14-17-10-12-18(36-3)13-11-17/h10-13H,4-9,14-16H2,1-3H3,(H,28,33)(H,29,34). The van der Waals surface area contributed by atoms with E-state index in [0.29, 0.717) is 21.5 Å². The van der Waals surface area contributed by atoms with E-state index in [-0.39, 0.29) is 43.1 Å². The highest BCUT2D eigenvalue weighted by Crippen LogP contribution is 2.38. The third kappa shape index (κ3) is 7.39. The van der Waals surface area contributed by atoms with Crippen LogP contribution < -0.4 is 15.4 Å². The maximum absolute atomic E-state index is 12.8. The predicted octanol–water partition coefficient (Wildman–Crippen LogP) is 3.92. The highest BCUT2D eigenvalue weighted by atomic mass is 32.2. The summed E-state index contributed by atoms with van der Waals surface area (Å²) in [5.41, 5.74) is 2.40. The van der Waals surface area contributed by atoms with Gasteiger partial charge in [0, 0.05) is 11.9 Å². The lowest BCUT2D eigenvalue weighted by molar-refractivity contribution is -0.120. The van der Waals surface area contributed by atoms with E-state index < -0.39 is 0 Å². The molecule has 39 heavy (non-hydrogen) atoms. The van der Waals surface area contributed by atoms with Crippen molar-refractivity contribution in [2.24, 2.45) is 7.05 Å². The van der Waals surface area contributed by atoms with Gasteiger partial charge in [-0.3, -0.25) is 9.59 Å². The van der Waals surface area contributed by atoms with Crippen molar-refractivity contribution in [2.45, 2.75) is 57.1 Å². The molecule has 0 radical (unpaired) electrons. The Morgan fingerprint density at radius 2 is 1.85 bits per heavy atom. The van der Waals surface area contributed by atoms with Crippen LogP contribution in [0.15, 0.2) is 29.4 Å². The van der Waals surface area contributed by atoms with Crippen LogP contribution in [-0.4, -0.2) is 52.0 Å². The number of anilines is 1. The van der Waals surface area contributed by atoms with Crippen LogP contribution >= 0.6 is 23.1 Å². The van der Waals surface area contributed by atoms with Crippen molar-refractivity contribution < 1.29 is 23.9 Å². The van der Waals surface area contributed by atoms with E-state index in [1.807, 2.05) is 24.3 Å². The molecule has 0 unspecified atom stereocenters. The molecule has 0 saturated heterocycles. The van der Waals surface area contributed by atoms with Crippen LogP contribution in [0.25, 0.3) is 0 Å². The van der Waals surface area contributed by atoms with Gasteiger partial charge in [0.15, 0.2) is 11.0 Å². The first kappa shape index (κ1) is 28.6. The molecule has 0 saturated carbocycles. The number of hydrogen-bond acceptors (Lipinski definition) is 9. The number of fused-ring (bicyclic) bond motifs is 1. The third-order valence-corrected chi connectivity index (χ3v) is 8.61. The number of amides is 2. The number of carbonyl (C=O) groups is 3. The minimum Gasteiger partial charge on any atom is -0.497 e. The van der Waals surface area contributed by atoms with Gasteiger partial charge in [0.25, 0.3) is 0 Å². The van der Waals surface area contributed by atoms with Gasteiger partial charge in [-0.15, -0.1) is 21.5 Å². The van der Waals surface area contributed by atoms with Crippen molar-refractivity contribution in [1.82, 2.24) is 20.1 Å². The largest absolute Gasteiger partial charge is 0.497 e. The smallest absolute Gasteiger partial charge is 0.341 e. The fourth-order valence-corrected chi connectivity index (χ4v) is 6.36. The van der Waals surface area contributed by atoms with E-state index in [0.717, 1.165) is 53.9 Å². The quantitative estimate of drug-likeness (QED) is 0.202. The average molecular weight is 572 g/mol. The molecule has 2 N–H and O–H groups in total. The van der Waals surface area contributed by atoms with E-state index in [1.54, 1.807) is 25.6 Å². The summed E-state index contributed by atoms with van der Waals surface area (Å²) >= 11 is 2.72. The van der Waals surface area contributed by atoms with Crippen LogP contribution in [0.2, 0.25) is 0 Å². The van der Waals surface area contributed by atoms with E-state index >= 15 is 0 Å². The Labute approximate surface area is 235 Å². The minimum atomic E-state index is -0.383. The highest BCUT2D eigenvalue weighted by molar-refractivity contribution is 7.99. The number of ether oxygens (including phenoxy) is 2. The summed E-state index contributed by atoms with van der Waals surface area (Å²) in [5, 5.41) is 15.2. The topological polar surface area (TPSA) is 124 Å². The lowest BCUT2D eigenvalue weighted by Gasteiger charge is -2.09. The molecular weight excluding hydrogens is 538 g/mol. The second-order valence-electron chi connectivity index (χ2n) is 9.09. The maximum atomic E-state index is 12.8. The lowest BCUT2D eigenvalue weighted by Crippen LogP contribution is -2.26. The Kier molecular flexibility index (Phi) is 9.99. The Bertz CT molecular complexity index is 1320. The van der Waals surface area contributed by atoms with Gasteiger partial charge in [0.1, 0.15) is 10.8 Å². The Morgan fingerprint density at radius 3 is 2.59 bits per heavy atom. The predicted molar refractivity (Wildman–Crippen MR) is 150 cm³/mol. The number of nitrogens with zero attached hydrogens (tertiary/aromatic N) is 3. The molecule has 10 nitrogen and oxygen atoms in total. The number of aromatic nitrogens is 3. The summed E-state index contributed by atoms with van der Waals surface area (Å²) in [6, 6.07) is 7.33. The Hall–Kier alpha value is -3.38. The van der Waals surface area contributed by atoms with Crippen molar-refractivity contribution in [2.75, 3.05) is 24.8 Å². The SMILES string of the molecule is CCOC(=O)c1c(NC(=O)CSc2nnc(CNC(=O)Cc3ccc(OC)cc3)n2C)sc2c1CCCCC2. The minimum absolute atomic E-state index is 0.0979. The summed E-state index contributed by atoms with van der Waals surface area (Å²) in [6.07, 6.45) is 5.21. The second-order valence-corrected chi connectivity index (χ2v) is 11.1. The zero-order chi connectivity index (χ0) is 27.8. The molecule has 1 aliphatic carbocycles. The van der Waals surface area contributed by atoms with Crippen molar-refractivity contribution in [3.05, 3.63) is 51.7 Å². The lowest BCUT2D eigenvalue weighted by atomic mass is 10.1. The molecule has 0 atom stereocenters. The van der Waals surface area contributed by atoms with E-state index in [4.69, 9.17) is 9.47 Å². The number of carbonyl (C=O) groups excluding carboxylic acids is 3. The van der Waals surface area contributed by atoms with Crippen LogP contribution in [0.4, 0.5) is 5.00 Å². The zero-order valence-corrected chi connectivity index (χ0v) is 24.0. The Balaban J connectivity index is 1.32. The van der Waals surface area contributed by atoms with Crippen molar-refractivity contribution in [3.8, 4) is 5.75 Å². The third-order valence-electron chi connectivity index (χ3n) is 6.38. The maximum Gasteiger partial charge on any atom is 0.341 e. The molecule has 0 fully saturated rings. The van der Waals surface area contributed by atoms with Gasteiger partial charge in [0.05, 0.1) is 38.0 Å². The summed E-state index contributed by atoms with van der Waals surface area (Å²) in [4.78, 5) is 39.1. The number of thiophene rings is 1. The molecule has 2 amide bonds. The van der Waals surface area contributed by atoms with E-state index in [2.05, 4.69) is 20.8 Å². The fraction of sp³-hybridized carbons (Fsp3) is 0.444. The van der Waals surface area contributed by atoms with Gasteiger partial charge in [-0.05, 0) is 55.9 Å². The molecule has 2 aromatic heterocycles. The van der Waals surface area contributed by atoms with Gasteiger partial charge < -0.3 is 24.7 Å². The van der Waals surface area contributed by atoms with Gasteiger partial charge in [0.2, 0.25) is 11.8 Å². The molecule has 4 rings (SSSR count). The average Bonchev–Trinajstić information content (AvgIpc) is 3.36. The molecule has 2 heterocycles. The van der Waals surface area contributed by atoms with E-state index in [1.165, 1.54) is 23.1 Å². The zero-order valence-electron chi connectivity index (χ0n) is 22.4. The van der Waals surface area contributed by atoms with Crippen LogP contribution in [-0.2, 0) is 47.2 Å². The molecule has 12 heteroatoms. The first-order chi connectivity index (χ1) is 18.9. The number of aryl methyl sites for hydroxylation is 1. The summed E-state index contributed by atoms with van der Waals surface area (Å²) in [5.74, 6) is 0.657. The first-order valence-corrected chi connectivity index (χ1v) is 14.7. The van der Waals surface area contributed by atoms with Crippen molar-refractivity contribution in [1.29, 1.82) is 0 Å². The monoisotopic (exact) mass is 571 g/mol. The number of hydrogen-bond donors (Lipinski definition) is 2. The summed E-state index contributed by atoms with van der Waals surface area (Å²) < 4.78 is 12.2. The van der Waals surface area contributed by atoms with Crippen molar-refractivity contribution in [3.63, 3.8) is 0 Å². The van der Waals surface area contributed by atoms with Gasteiger partial charge >= 0.3 is 5.97 Å². The number of rotatable bonds is 11. The van der Waals surface area contributed by atoms with Crippen LogP contribution in [0.1, 0.15) is 58.4 Å². The molecule has 0 aliphatic heterocycles. The number of nitrogens with one attached hydrogen (secondary N) is 2. The number of thioether (sulfide) groups is 1. The van der Waals surface area contributed by atoms with Gasteiger partial charge in [-0.25, -0.2) is 4.79 Å².